The van der Waals surface area contributed by atoms with Crippen molar-refractivity contribution in [2.75, 3.05) is 11.9 Å². The third-order valence-electron chi connectivity index (χ3n) is 5.18. The van der Waals surface area contributed by atoms with Crippen molar-refractivity contribution in [2.24, 2.45) is 11.8 Å². The molecule has 1 fully saturated rings. The molecule has 0 aliphatic heterocycles. The van der Waals surface area contributed by atoms with Crippen molar-refractivity contribution in [1.82, 2.24) is 20.1 Å². The highest BCUT2D eigenvalue weighted by Gasteiger charge is 2.27. The number of hydrogen-bond donors (Lipinski definition) is 2. The number of hydrogen-bond acceptors (Lipinski definition) is 5. The molecule has 162 valence electrons. The van der Waals surface area contributed by atoms with Gasteiger partial charge < -0.3 is 15.4 Å². The second kappa shape index (κ2) is 9.73. The highest BCUT2D eigenvalue weighted by atomic mass is 16.6. The van der Waals surface area contributed by atoms with E-state index in [0.29, 0.717) is 19.0 Å². The Morgan fingerprint density at radius 1 is 1.13 bits per heavy atom. The topological polar surface area (TPSA) is 98.1 Å². The molecule has 2 N–H and O–H groups in total. The number of amides is 2. The average Bonchev–Trinajstić information content (AvgIpc) is 3.20. The van der Waals surface area contributed by atoms with Crippen LogP contribution in [0.15, 0.2) is 36.9 Å². The van der Waals surface area contributed by atoms with Gasteiger partial charge in [-0.25, -0.2) is 14.5 Å². The zero-order valence-corrected chi connectivity index (χ0v) is 17.9. The van der Waals surface area contributed by atoms with Crippen LogP contribution < -0.4 is 10.6 Å². The van der Waals surface area contributed by atoms with E-state index >= 15 is 0 Å². The number of nitrogens with zero attached hydrogens (tertiary/aromatic N) is 3. The van der Waals surface area contributed by atoms with Crippen molar-refractivity contribution in [1.29, 1.82) is 0 Å². The molecule has 1 heterocycles. The van der Waals surface area contributed by atoms with Gasteiger partial charge in [0.1, 0.15) is 18.3 Å². The molecule has 0 radical (unpaired) electrons. The van der Waals surface area contributed by atoms with E-state index in [0.717, 1.165) is 36.9 Å². The van der Waals surface area contributed by atoms with Crippen molar-refractivity contribution in [3.05, 3.63) is 42.5 Å². The van der Waals surface area contributed by atoms with E-state index in [1.807, 2.05) is 45.0 Å². The minimum Gasteiger partial charge on any atom is -0.444 e. The number of aromatic nitrogens is 3. The highest BCUT2D eigenvalue weighted by Crippen LogP contribution is 2.29. The van der Waals surface area contributed by atoms with Gasteiger partial charge in [-0.3, -0.25) is 4.79 Å². The number of carbonyl (C=O) groups is 2. The van der Waals surface area contributed by atoms with Crippen LogP contribution in [0.5, 0.6) is 0 Å². The van der Waals surface area contributed by atoms with Crippen molar-refractivity contribution >= 4 is 17.7 Å². The van der Waals surface area contributed by atoms with Gasteiger partial charge in [0.15, 0.2) is 0 Å². The Labute approximate surface area is 177 Å². The molecule has 8 heteroatoms. The number of rotatable bonds is 6. The van der Waals surface area contributed by atoms with Crippen LogP contribution in [0.3, 0.4) is 0 Å². The fourth-order valence-corrected chi connectivity index (χ4v) is 3.61. The van der Waals surface area contributed by atoms with E-state index in [4.69, 9.17) is 4.74 Å². The van der Waals surface area contributed by atoms with E-state index in [1.165, 1.54) is 6.33 Å². The molecule has 0 spiro atoms. The van der Waals surface area contributed by atoms with Crippen molar-refractivity contribution in [3.63, 3.8) is 0 Å². The maximum atomic E-state index is 12.6. The van der Waals surface area contributed by atoms with E-state index < -0.39 is 5.60 Å². The van der Waals surface area contributed by atoms with Crippen LogP contribution in [-0.2, 0) is 16.1 Å². The van der Waals surface area contributed by atoms with E-state index in [9.17, 15) is 9.59 Å². The molecule has 0 atom stereocenters. The Hall–Kier alpha value is -2.90. The fourth-order valence-electron chi connectivity index (χ4n) is 3.61. The van der Waals surface area contributed by atoms with Crippen LogP contribution in [0.25, 0.3) is 0 Å². The lowest BCUT2D eigenvalue weighted by molar-refractivity contribution is -0.121. The molecule has 1 aliphatic rings. The predicted octanol–water partition coefficient (Wildman–Crippen LogP) is 3.60. The number of benzene rings is 1. The summed E-state index contributed by atoms with van der Waals surface area (Å²) < 4.78 is 7.02. The Morgan fingerprint density at radius 3 is 2.43 bits per heavy atom. The second-order valence-corrected chi connectivity index (χ2v) is 8.88. The smallest absolute Gasteiger partial charge is 0.407 e. The third-order valence-corrected chi connectivity index (χ3v) is 5.18. The largest absolute Gasteiger partial charge is 0.444 e. The van der Waals surface area contributed by atoms with Crippen molar-refractivity contribution < 1.29 is 14.3 Å². The van der Waals surface area contributed by atoms with Crippen LogP contribution in [0.1, 0.15) is 52.0 Å². The molecule has 1 aromatic carbocycles. The molecule has 0 saturated heterocycles. The predicted molar refractivity (Wildman–Crippen MR) is 114 cm³/mol. The molecule has 1 aliphatic carbocycles. The molecule has 0 unspecified atom stereocenters. The van der Waals surface area contributed by atoms with Crippen LogP contribution in [0, 0.1) is 11.8 Å². The average molecular weight is 414 g/mol. The summed E-state index contributed by atoms with van der Waals surface area (Å²) in [6.45, 7) is 6.79. The molecule has 2 aromatic rings. The molecular formula is C22H31N5O3. The Morgan fingerprint density at radius 2 is 1.83 bits per heavy atom. The van der Waals surface area contributed by atoms with Crippen molar-refractivity contribution in [2.45, 2.75) is 58.6 Å². The van der Waals surface area contributed by atoms with Gasteiger partial charge in [0, 0.05) is 18.2 Å². The quantitative estimate of drug-likeness (QED) is 0.754. The third kappa shape index (κ3) is 6.86. The van der Waals surface area contributed by atoms with Gasteiger partial charge in [0.25, 0.3) is 0 Å². The summed E-state index contributed by atoms with van der Waals surface area (Å²) in [5, 5.41) is 9.96. The summed E-state index contributed by atoms with van der Waals surface area (Å²) in [6.07, 6.45) is 6.31. The molecule has 1 aromatic heterocycles. The lowest BCUT2D eigenvalue weighted by atomic mass is 9.81. The Kier molecular flexibility index (Phi) is 7.07. The minimum absolute atomic E-state index is 0.0117. The summed E-state index contributed by atoms with van der Waals surface area (Å²) in [4.78, 5) is 28.3. The molecule has 2 amide bonds. The van der Waals surface area contributed by atoms with E-state index in [1.54, 1.807) is 11.0 Å². The van der Waals surface area contributed by atoms with Crippen LogP contribution in [0.4, 0.5) is 10.5 Å². The first kappa shape index (κ1) is 21.8. The zero-order chi connectivity index (χ0) is 21.6. The van der Waals surface area contributed by atoms with Gasteiger partial charge in [0.2, 0.25) is 5.91 Å². The summed E-state index contributed by atoms with van der Waals surface area (Å²) in [5.41, 5.74) is 1.40. The lowest BCUT2D eigenvalue weighted by Crippen LogP contribution is -2.37. The van der Waals surface area contributed by atoms with Gasteiger partial charge in [-0.2, -0.15) is 5.10 Å². The van der Waals surface area contributed by atoms with Gasteiger partial charge in [0.05, 0.1) is 6.54 Å². The summed E-state index contributed by atoms with van der Waals surface area (Å²) >= 11 is 0. The summed E-state index contributed by atoms with van der Waals surface area (Å²) in [7, 11) is 0. The number of carbonyl (C=O) groups excluding carboxylic acids is 2. The van der Waals surface area contributed by atoms with Crippen LogP contribution in [-0.4, -0.2) is 38.9 Å². The number of ether oxygens (including phenoxy) is 1. The maximum absolute atomic E-state index is 12.6. The van der Waals surface area contributed by atoms with E-state index in [-0.39, 0.29) is 17.9 Å². The number of alkyl carbamates (subject to hydrolysis) is 1. The first-order chi connectivity index (χ1) is 14.3. The van der Waals surface area contributed by atoms with Gasteiger partial charge in [-0.1, -0.05) is 12.1 Å². The molecule has 1 saturated carbocycles. The Balaban J connectivity index is 1.39. The van der Waals surface area contributed by atoms with Gasteiger partial charge in [-0.05, 0) is 70.1 Å². The molecule has 0 bridgehead atoms. The van der Waals surface area contributed by atoms with Gasteiger partial charge >= 0.3 is 6.09 Å². The summed E-state index contributed by atoms with van der Waals surface area (Å²) in [5.74, 6) is 0.466. The van der Waals surface area contributed by atoms with Crippen LogP contribution >= 0.6 is 0 Å². The minimum atomic E-state index is -0.492. The fraction of sp³-hybridized carbons (Fsp3) is 0.545. The van der Waals surface area contributed by atoms with E-state index in [2.05, 4.69) is 20.7 Å². The lowest BCUT2D eigenvalue weighted by Gasteiger charge is -2.28. The van der Waals surface area contributed by atoms with Gasteiger partial charge in [-0.15, -0.1) is 0 Å². The number of nitrogens with one attached hydrogen (secondary N) is 2. The maximum Gasteiger partial charge on any atom is 0.407 e. The Bertz CT molecular complexity index is 819. The van der Waals surface area contributed by atoms with Crippen molar-refractivity contribution in [3.8, 4) is 0 Å². The molecule has 8 nitrogen and oxygen atoms in total. The standard InChI is InChI=1S/C22H31N5O3/c1-22(2,3)30-21(29)24-12-16-4-8-18(9-5-16)20(28)26-19-10-6-17(7-11-19)13-27-15-23-14-25-27/h6-7,10-11,14-16,18H,4-5,8-9,12-13H2,1-3H3,(H,24,29)(H,26,28). The normalized spacial score (nSPS) is 19.2. The monoisotopic (exact) mass is 413 g/mol. The zero-order valence-electron chi connectivity index (χ0n) is 17.9. The first-order valence-corrected chi connectivity index (χ1v) is 10.5. The van der Waals surface area contributed by atoms with Crippen LogP contribution in [0.2, 0.25) is 0 Å². The number of anilines is 1. The molecular weight excluding hydrogens is 382 g/mol. The SMILES string of the molecule is CC(C)(C)OC(=O)NCC1CCC(C(=O)Nc2ccc(Cn3cncn3)cc2)CC1. The molecule has 3 rings (SSSR count). The first-order valence-electron chi connectivity index (χ1n) is 10.5. The second-order valence-electron chi connectivity index (χ2n) is 8.88. The molecule has 30 heavy (non-hydrogen) atoms. The summed E-state index contributed by atoms with van der Waals surface area (Å²) in [6, 6.07) is 7.80. The highest BCUT2D eigenvalue weighted by molar-refractivity contribution is 5.92.